The minimum Gasteiger partial charge on any atom is -0.395 e. The third-order valence-electron chi connectivity index (χ3n) is 2.39. The van der Waals surface area contributed by atoms with Crippen LogP contribution in [0.5, 0.6) is 0 Å². The minimum absolute atomic E-state index is 0.114. The van der Waals surface area contributed by atoms with Gasteiger partial charge in [-0.15, -0.1) is 0 Å². The van der Waals surface area contributed by atoms with Crippen molar-refractivity contribution in [3.05, 3.63) is 47.5 Å². The molecule has 94 valence electrons. The Hall–Kier alpha value is -2.24. The first kappa shape index (κ1) is 12.2. The van der Waals surface area contributed by atoms with Crippen molar-refractivity contribution in [3.63, 3.8) is 0 Å². The molecular formula is C12H12F2N4. The smallest absolute Gasteiger partial charge is 0.151 e. The highest BCUT2D eigenvalue weighted by atomic mass is 19.1. The average molecular weight is 250 g/mol. The zero-order valence-electron chi connectivity index (χ0n) is 9.74. The summed E-state index contributed by atoms with van der Waals surface area (Å²) in [6.45, 7) is 2.12. The van der Waals surface area contributed by atoms with E-state index in [-0.39, 0.29) is 11.4 Å². The van der Waals surface area contributed by atoms with Crippen molar-refractivity contribution >= 4 is 11.4 Å². The number of rotatable bonds is 3. The summed E-state index contributed by atoms with van der Waals surface area (Å²) in [4.78, 5) is 8.18. The number of hydrogen-bond acceptors (Lipinski definition) is 4. The molecule has 1 aromatic heterocycles. The van der Waals surface area contributed by atoms with E-state index in [0.29, 0.717) is 12.2 Å². The lowest BCUT2D eigenvalue weighted by Crippen LogP contribution is -2.06. The molecule has 0 aliphatic heterocycles. The number of nitrogens with one attached hydrogen (secondary N) is 1. The molecule has 6 heteroatoms. The Labute approximate surface area is 103 Å². The van der Waals surface area contributed by atoms with Gasteiger partial charge in [0.05, 0.1) is 35.5 Å². The zero-order chi connectivity index (χ0) is 13.1. The molecule has 0 fully saturated rings. The first-order chi connectivity index (χ1) is 8.56. The van der Waals surface area contributed by atoms with E-state index in [4.69, 9.17) is 5.73 Å². The van der Waals surface area contributed by atoms with Crippen molar-refractivity contribution in [1.82, 2.24) is 9.97 Å². The normalized spacial score (nSPS) is 10.4. The molecule has 1 aromatic carbocycles. The fourth-order valence-corrected chi connectivity index (χ4v) is 1.43. The molecule has 0 saturated carbocycles. The quantitative estimate of drug-likeness (QED) is 0.820. The average Bonchev–Trinajstić information content (AvgIpc) is 2.34. The highest BCUT2D eigenvalue weighted by Crippen LogP contribution is 2.23. The first-order valence-corrected chi connectivity index (χ1v) is 5.32. The van der Waals surface area contributed by atoms with Gasteiger partial charge in [-0.3, -0.25) is 9.97 Å². The number of aromatic nitrogens is 2. The first-order valence-electron chi connectivity index (χ1n) is 5.32. The van der Waals surface area contributed by atoms with E-state index in [2.05, 4.69) is 15.3 Å². The Morgan fingerprint density at radius 1 is 1.22 bits per heavy atom. The second kappa shape index (κ2) is 4.95. The van der Waals surface area contributed by atoms with Crippen LogP contribution in [0.3, 0.4) is 0 Å². The van der Waals surface area contributed by atoms with Gasteiger partial charge in [0.2, 0.25) is 0 Å². The summed E-state index contributed by atoms with van der Waals surface area (Å²) in [5, 5.41) is 2.82. The molecule has 4 nitrogen and oxygen atoms in total. The topological polar surface area (TPSA) is 63.8 Å². The second-order valence-electron chi connectivity index (χ2n) is 3.85. The van der Waals surface area contributed by atoms with Crippen molar-refractivity contribution in [3.8, 4) is 0 Å². The van der Waals surface area contributed by atoms with Gasteiger partial charge in [0.25, 0.3) is 0 Å². The number of nitrogen functional groups attached to an aromatic ring is 1. The van der Waals surface area contributed by atoms with Crippen molar-refractivity contribution in [1.29, 1.82) is 0 Å². The number of nitrogens with zero attached hydrogens (tertiary/aromatic N) is 2. The minimum atomic E-state index is -0.785. The van der Waals surface area contributed by atoms with E-state index in [9.17, 15) is 8.78 Å². The number of hydrogen-bond donors (Lipinski definition) is 2. The van der Waals surface area contributed by atoms with Crippen LogP contribution in [0.1, 0.15) is 11.4 Å². The zero-order valence-corrected chi connectivity index (χ0v) is 9.74. The van der Waals surface area contributed by atoms with Gasteiger partial charge in [-0.1, -0.05) is 0 Å². The maximum atomic E-state index is 13.2. The summed E-state index contributed by atoms with van der Waals surface area (Å²) in [5.41, 5.74) is 7.05. The van der Waals surface area contributed by atoms with Crippen LogP contribution >= 0.6 is 0 Å². The monoisotopic (exact) mass is 250 g/mol. The van der Waals surface area contributed by atoms with E-state index in [1.165, 1.54) is 0 Å². The van der Waals surface area contributed by atoms with E-state index < -0.39 is 11.6 Å². The Morgan fingerprint density at radius 2 is 2.00 bits per heavy atom. The molecule has 2 rings (SSSR count). The van der Waals surface area contributed by atoms with Gasteiger partial charge in [0, 0.05) is 12.3 Å². The van der Waals surface area contributed by atoms with E-state index >= 15 is 0 Å². The van der Waals surface area contributed by atoms with Crippen LogP contribution in [0.15, 0.2) is 24.5 Å². The standard InChI is InChI=1S/C12H12F2N4/c1-7-4-17-9(5-16-7)6-18-11-3-8(13)2-10(14)12(11)15/h2-5,18H,6,15H2,1H3. The predicted molar refractivity (Wildman–Crippen MR) is 64.9 cm³/mol. The van der Waals surface area contributed by atoms with Crippen LogP contribution in [-0.4, -0.2) is 9.97 Å². The Morgan fingerprint density at radius 3 is 2.67 bits per heavy atom. The lowest BCUT2D eigenvalue weighted by Gasteiger charge is -2.09. The van der Waals surface area contributed by atoms with Crippen molar-refractivity contribution in [2.24, 2.45) is 0 Å². The molecule has 18 heavy (non-hydrogen) atoms. The fourth-order valence-electron chi connectivity index (χ4n) is 1.43. The number of benzene rings is 1. The molecule has 3 N–H and O–H groups in total. The highest BCUT2D eigenvalue weighted by Gasteiger charge is 2.08. The van der Waals surface area contributed by atoms with E-state index in [1.54, 1.807) is 12.4 Å². The molecule has 1 heterocycles. The van der Waals surface area contributed by atoms with Gasteiger partial charge in [0.15, 0.2) is 5.82 Å². The molecular weight excluding hydrogens is 238 g/mol. The van der Waals surface area contributed by atoms with Gasteiger partial charge in [0.1, 0.15) is 5.82 Å². The lowest BCUT2D eigenvalue weighted by atomic mass is 10.2. The third kappa shape index (κ3) is 2.71. The molecule has 0 radical (unpaired) electrons. The molecule has 0 aliphatic rings. The Balaban J connectivity index is 2.13. The van der Waals surface area contributed by atoms with Gasteiger partial charge in [-0.2, -0.15) is 0 Å². The van der Waals surface area contributed by atoms with Gasteiger partial charge >= 0.3 is 0 Å². The maximum absolute atomic E-state index is 13.2. The van der Waals surface area contributed by atoms with Crippen LogP contribution in [0, 0.1) is 18.6 Å². The fraction of sp³-hybridized carbons (Fsp3) is 0.167. The van der Waals surface area contributed by atoms with Crippen LogP contribution in [-0.2, 0) is 6.54 Å². The summed E-state index contributed by atoms with van der Waals surface area (Å²) in [6.07, 6.45) is 3.21. The Bertz CT molecular complexity index is 555. The summed E-state index contributed by atoms with van der Waals surface area (Å²) in [7, 11) is 0. The molecule has 0 saturated heterocycles. The summed E-state index contributed by atoms with van der Waals surface area (Å²) >= 11 is 0. The third-order valence-corrected chi connectivity index (χ3v) is 2.39. The van der Waals surface area contributed by atoms with E-state index in [1.807, 2.05) is 6.92 Å². The molecule has 0 bridgehead atoms. The Kier molecular flexibility index (Phi) is 3.36. The van der Waals surface area contributed by atoms with Gasteiger partial charge < -0.3 is 11.1 Å². The van der Waals surface area contributed by atoms with Crippen molar-refractivity contribution in [2.45, 2.75) is 13.5 Å². The predicted octanol–water partition coefficient (Wildman–Crippen LogP) is 2.26. The maximum Gasteiger partial charge on any atom is 0.151 e. The van der Waals surface area contributed by atoms with Crippen LogP contribution in [0.4, 0.5) is 20.2 Å². The number of aryl methyl sites for hydroxylation is 1. The molecule has 0 amide bonds. The van der Waals surface area contributed by atoms with Gasteiger partial charge in [-0.25, -0.2) is 8.78 Å². The second-order valence-corrected chi connectivity index (χ2v) is 3.85. The number of anilines is 2. The number of halogens is 2. The summed E-state index contributed by atoms with van der Waals surface area (Å²) in [6, 6.07) is 1.88. The molecule has 0 unspecified atom stereocenters. The molecule has 2 aromatic rings. The van der Waals surface area contributed by atoms with E-state index in [0.717, 1.165) is 17.8 Å². The van der Waals surface area contributed by atoms with Crippen molar-refractivity contribution in [2.75, 3.05) is 11.1 Å². The lowest BCUT2D eigenvalue weighted by molar-refractivity contribution is 0.587. The van der Waals surface area contributed by atoms with Crippen molar-refractivity contribution < 1.29 is 8.78 Å². The summed E-state index contributed by atoms with van der Waals surface area (Å²) in [5.74, 6) is -1.47. The van der Waals surface area contributed by atoms with Crippen LogP contribution in [0.2, 0.25) is 0 Å². The summed E-state index contributed by atoms with van der Waals surface area (Å²) < 4.78 is 26.2. The number of nitrogens with two attached hydrogens (primary N) is 1. The highest BCUT2D eigenvalue weighted by molar-refractivity contribution is 5.66. The van der Waals surface area contributed by atoms with Gasteiger partial charge in [-0.05, 0) is 13.0 Å². The van der Waals surface area contributed by atoms with Crippen LogP contribution in [0.25, 0.3) is 0 Å². The largest absolute Gasteiger partial charge is 0.395 e. The molecule has 0 aliphatic carbocycles. The van der Waals surface area contributed by atoms with Crippen LogP contribution < -0.4 is 11.1 Å². The molecule has 0 spiro atoms. The molecule has 0 atom stereocenters. The SMILES string of the molecule is Cc1cnc(CNc2cc(F)cc(F)c2N)cn1.